The Morgan fingerprint density at radius 2 is 1.92 bits per heavy atom. The van der Waals surface area contributed by atoms with Gasteiger partial charge < -0.3 is 9.47 Å². The van der Waals surface area contributed by atoms with Crippen molar-refractivity contribution in [2.24, 2.45) is 0 Å². The lowest BCUT2D eigenvalue weighted by Crippen LogP contribution is -2.04. The van der Waals surface area contributed by atoms with Crippen LogP contribution in [0.1, 0.15) is 18.1 Å². The van der Waals surface area contributed by atoms with Crippen LogP contribution < -0.4 is 9.47 Å². The molecule has 0 amide bonds. The van der Waals surface area contributed by atoms with Crippen molar-refractivity contribution in [2.75, 3.05) is 7.11 Å². The van der Waals surface area contributed by atoms with Gasteiger partial charge in [-0.25, -0.2) is 4.39 Å². The van der Waals surface area contributed by atoms with Gasteiger partial charge in [0.05, 0.1) is 7.11 Å². The van der Waals surface area contributed by atoms with Crippen LogP contribution in [-0.4, -0.2) is 18.1 Å². The van der Waals surface area contributed by atoms with Crippen molar-refractivity contribution in [2.45, 2.75) is 13.3 Å². The van der Waals surface area contributed by atoms with Crippen molar-refractivity contribution in [3.63, 3.8) is 0 Å². The molecular weight excluding hydrogens is 389 g/mol. The Morgan fingerprint density at radius 1 is 1.20 bits per heavy atom. The van der Waals surface area contributed by atoms with E-state index in [1.807, 2.05) is 6.07 Å². The van der Waals surface area contributed by atoms with Crippen molar-refractivity contribution in [1.29, 1.82) is 0 Å². The molecule has 4 nitrogen and oxygen atoms in total. The van der Waals surface area contributed by atoms with E-state index in [0.717, 1.165) is 21.0 Å². The normalized spacial score (nSPS) is 10.7. The fourth-order valence-electron chi connectivity index (χ4n) is 2.61. The van der Waals surface area contributed by atoms with Gasteiger partial charge in [-0.2, -0.15) is 0 Å². The summed E-state index contributed by atoms with van der Waals surface area (Å²) in [6, 6.07) is 10.0. The molecule has 0 aliphatic carbocycles. The molecule has 0 aliphatic heterocycles. The first kappa shape index (κ1) is 17.4. The molecule has 0 N–H and O–H groups in total. The molecule has 6 heteroatoms. The maximum Gasteiger partial charge on any atom is 0.308 e. The predicted molar refractivity (Wildman–Crippen MR) is 96.5 cm³/mol. The van der Waals surface area contributed by atoms with E-state index < -0.39 is 5.97 Å². The summed E-state index contributed by atoms with van der Waals surface area (Å²) in [6.07, 6.45) is 2.36. The number of fused-ring (bicyclic) bond motifs is 1. The highest BCUT2D eigenvalue weighted by Gasteiger charge is 2.16. The van der Waals surface area contributed by atoms with Gasteiger partial charge in [0.15, 0.2) is 11.5 Å². The van der Waals surface area contributed by atoms with E-state index in [1.165, 1.54) is 26.2 Å². The lowest BCUT2D eigenvalue weighted by atomic mass is 10.0. The summed E-state index contributed by atoms with van der Waals surface area (Å²) in [5, 5.41) is 0.840. The second-order valence-corrected chi connectivity index (χ2v) is 6.38. The number of methoxy groups -OCH3 is 1. The molecule has 25 heavy (non-hydrogen) atoms. The molecule has 0 aliphatic rings. The van der Waals surface area contributed by atoms with Crippen LogP contribution in [0.2, 0.25) is 0 Å². The van der Waals surface area contributed by atoms with E-state index in [2.05, 4.69) is 20.9 Å². The number of benzene rings is 2. The van der Waals surface area contributed by atoms with Crippen LogP contribution in [0.15, 0.2) is 47.1 Å². The summed E-state index contributed by atoms with van der Waals surface area (Å²) in [7, 11) is 1.50. The maximum atomic E-state index is 13.0. The standard InChI is InChI=1S/C19H15BrFNO3/c1-11(23)25-17-9-16(20)15-8-13(10-22-18(15)19(17)24-2)7-12-3-5-14(21)6-4-12/h3-6,8-10H,7H2,1-2H3. The number of carbonyl (C=O) groups excluding carboxylic acids is 1. The van der Waals surface area contributed by atoms with Crippen LogP contribution in [0.4, 0.5) is 4.39 Å². The van der Waals surface area contributed by atoms with Crippen LogP contribution >= 0.6 is 15.9 Å². The average molecular weight is 404 g/mol. The Kier molecular flexibility index (Phi) is 4.99. The van der Waals surface area contributed by atoms with Crippen LogP contribution in [-0.2, 0) is 11.2 Å². The van der Waals surface area contributed by atoms with E-state index in [9.17, 15) is 9.18 Å². The molecule has 0 spiro atoms. The predicted octanol–water partition coefficient (Wildman–Crippen LogP) is 4.66. The van der Waals surface area contributed by atoms with Gasteiger partial charge in [-0.3, -0.25) is 9.78 Å². The minimum Gasteiger partial charge on any atom is -0.491 e. The second kappa shape index (κ2) is 7.19. The first-order valence-corrected chi connectivity index (χ1v) is 8.35. The zero-order chi connectivity index (χ0) is 18.0. The van der Waals surface area contributed by atoms with Gasteiger partial charge in [0.1, 0.15) is 11.3 Å². The molecule has 1 aromatic heterocycles. The molecule has 128 valence electrons. The van der Waals surface area contributed by atoms with Gasteiger partial charge >= 0.3 is 5.97 Å². The van der Waals surface area contributed by atoms with Gasteiger partial charge in [-0.05, 0) is 57.7 Å². The van der Waals surface area contributed by atoms with E-state index in [4.69, 9.17) is 9.47 Å². The third-order valence-electron chi connectivity index (χ3n) is 3.68. The highest BCUT2D eigenvalue weighted by Crippen LogP contribution is 2.39. The third kappa shape index (κ3) is 3.79. The Balaban J connectivity index is 2.04. The summed E-state index contributed by atoms with van der Waals surface area (Å²) in [5.74, 6) is 0.0261. The smallest absolute Gasteiger partial charge is 0.308 e. The summed E-state index contributed by atoms with van der Waals surface area (Å²) in [6.45, 7) is 1.33. The number of hydrogen-bond donors (Lipinski definition) is 0. The van der Waals surface area contributed by atoms with Crippen molar-refractivity contribution in [1.82, 2.24) is 4.98 Å². The quantitative estimate of drug-likeness (QED) is 0.469. The van der Waals surface area contributed by atoms with Gasteiger partial charge in [0, 0.05) is 23.0 Å². The lowest BCUT2D eigenvalue weighted by molar-refractivity contribution is -0.132. The van der Waals surface area contributed by atoms with E-state index in [0.29, 0.717) is 23.4 Å². The molecule has 0 saturated carbocycles. The average Bonchev–Trinajstić information content (AvgIpc) is 2.57. The molecule has 0 bridgehead atoms. The number of esters is 1. The molecule has 1 heterocycles. The van der Waals surface area contributed by atoms with Gasteiger partial charge in [-0.15, -0.1) is 0 Å². The van der Waals surface area contributed by atoms with E-state index >= 15 is 0 Å². The summed E-state index contributed by atoms with van der Waals surface area (Å²) < 4.78 is 24.3. The molecule has 0 radical (unpaired) electrons. The molecule has 0 fully saturated rings. The Labute approximate surface area is 152 Å². The Hall–Kier alpha value is -2.47. The number of hydrogen-bond acceptors (Lipinski definition) is 4. The molecule has 0 atom stereocenters. The van der Waals surface area contributed by atoms with Gasteiger partial charge in [0.2, 0.25) is 0 Å². The second-order valence-electron chi connectivity index (χ2n) is 5.53. The minimum atomic E-state index is -0.433. The summed E-state index contributed by atoms with van der Waals surface area (Å²) in [4.78, 5) is 15.7. The molecule has 3 rings (SSSR count). The number of carbonyl (C=O) groups is 1. The van der Waals surface area contributed by atoms with Gasteiger partial charge in [-0.1, -0.05) is 12.1 Å². The highest BCUT2D eigenvalue weighted by atomic mass is 79.9. The fraction of sp³-hybridized carbons (Fsp3) is 0.158. The van der Waals surface area contributed by atoms with Crippen molar-refractivity contribution >= 4 is 32.8 Å². The molecule has 0 unspecified atom stereocenters. The van der Waals surface area contributed by atoms with Crippen molar-refractivity contribution in [3.05, 3.63) is 64.0 Å². The first-order chi connectivity index (χ1) is 12.0. The van der Waals surface area contributed by atoms with Crippen LogP contribution in [0.3, 0.4) is 0 Å². The highest BCUT2D eigenvalue weighted by molar-refractivity contribution is 9.10. The SMILES string of the molecule is COc1c(OC(C)=O)cc(Br)c2cc(Cc3ccc(F)cc3)cnc12. The molecule has 2 aromatic carbocycles. The number of rotatable bonds is 4. The molecule has 3 aromatic rings. The number of nitrogens with zero attached hydrogens (tertiary/aromatic N) is 1. The summed E-state index contributed by atoms with van der Waals surface area (Å²) >= 11 is 3.49. The largest absolute Gasteiger partial charge is 0.491 e. The van der Waals surface area contributed by atoms with Gasteiger partial charge in [0.25, 0.3) is 0 Å². The lowest BCUT2D eigenvalue weighted by Gasteiger charge is -2.13. The van der Waals surface area contributed by atoms with Crippen LogP contribution in [0, 0.1) is 5.82 Å². The van der Waals surface area contributed by atoms with Crippen molar-refractivity contribution < 1.29 is 18.7 Å². The number of ether oxygens (including phenoxy) is 2. The number of pyridine rings is 1. The van der Waals surface area contributed by atoms with Crippen LogP contribution in [0.5, 0.6) is 11.5 Å². The zero-order valence-electron chi connectivity index (χ0n) is 13.7. The molecular formula is C19H15BrFNO3. The topological polar surface area (TPSA) is 48.4 Å². The third-order valence-corrected chi connectivity index (χ3v) is 4.33. The maximum absolute atomic E-state index is 13.0. The monoisotopic (exact) mass is 403 g/mol. The van der Waals surface area contributed by atoms with E-state index in [1.54, 1.807) is 24.4 Å². The minimum absolute atomic E-state index is 0.258. The first-order valence-electron chi connectivity index (χ1n) is 7.56. The Bertz CT molecular complexity index is 942. The van der Waals surface area contributed by atoms with E-state index in [-0.39, 0.29) is 5.82 Å². The van der Waals surface area contributed by atoms with Crippen LogP contribution in [0.25, 0.3) is 10.9 Å². The van der Waals surface area contributed by atoms with Crippen molar-refractivity contribution in [3.8, 4) is 11.5 Å². The number of aromatic nitrogens is 1. The fourth-order valence-corrected chi connectivity index (χ4v) is 3.12. The zero-order valence-corrected chi connectivity index (χ0v) is 15.3. The Morgan fingerprint density at radius 3 is 2.56 bits per heavy atom. The molecule has 0 saturated heterocycles. The number of halogens is 2. The summed E-state index contributed by atoms with van der Waals surface area (Å²) in [5.41, 5.74) is 2.56.